The minimum atomic E-state index is 0.929. The summed E-state index contributed by atoms with van der Waals surface area (Å²) in [5.74, 6) is 0.929. The normalized spacial score (nSPS) is 10.0. The van der Waals surface area contributed by atoms with Crippen LogP contribution in [0.5, 0.6) is 0 Å². The second kappa shape index (κ2) is 5.48. The van der Waals surface area contributed by atoms with Crippen LogP contribution in [0.4, 0.5) is 5.82 Å². The largest absolute Gasteiger partial charge is 0.358 e. The molecule has 1 aromatic heterocycles. The van der Waals surface area contributed by atoms with Crippen LogP contribution in [0, 0.1) is 0 Å². The van der Waals surface area contributed by atoms with Gasteiger partial charge < -0.3 is 10.2 Å². The SMILES string of the molecule is CNCCCN(C)c1cnccn1. The Morgan fingerprint density at radius 3 is 2.92 bits per heavy atom. The van der Waals surface area contributed by atoms with Crippen LogP contribution in [-0.4, -0.2) is 37.2 Å². The zero-order valence-corrected chi connectivity index (χ0v) is 8.20. The fourth-order valence-corrected chi connectivity index (χ4v) is 1.10. The molecule has 72 valence electrons. The van der Waals surface area contributed by atoms with Crippen molar-refractivity contribution in [3.63, 3.8) is 0 Å². The molecule has 0 unspecified atom stereocenters. The van der Waals surface area contributed by atoms with Crippen LogP contribution in [0.3, 0.4) is 0 Å². The van der Waals surface area contributed by atoms with Gasteiger partial charge in [0.05, 0.1) is 6.20 Å². The van der Waals surface area contributed by atoms with Gasteiger partial charge in [-0.1, -0.05) is 0 Å². The van der Waals surface area contributed by atoms with E-state index in [1.165, 1.54) is 0 Å². The molecule has 1 N–H and O–H groups in total. The summed E-state index contributed by atoms with van der Waals surface area (Å²) >= 11 is 0. The van der Waals surface area contributed by atoms with Crippen molar-refractivity contribution in [1.29, 1.82) is 0 Å². The molecule has 1 heterocycles. The first-order valence-electron chi connectivity index (χ1n) is 4.46. The van der Waals surface area contributed by atoms with Crippen LogP contribution in [0.2, 0.25) is 0 Å². The first-order valence-corrected chi connectivity index (χ1v) is 4.46. The first-order chi connectivity index (χ1) is 6.34. The zero-order valence-electron chi connectivity index (χ0n) is 8.20. The lowest BCUT2D eigenvalue weighted by molar-refractivity contribution is 0.708. The van der Waals surface area contributed by atoms with Crippen LogP contribution >= 0.6 is 0 Å². The maximum Gasteiger partial charge on any atom is 0.146 e. The van der Waals surface area contributed by atoms with Crippen molar-refractivity contribution in [3.05, 3.63) is 18.6 Å². The molecule has 0 amide bonds. The molecule has 0 fully saturated rings. The molecule has 0 atom stereocenters. The molecular formula is C9H16N4. The van der Waals surface area contributed by atoms with Gasteiger partial charge in [-0.2, -0.15) is 0 Å². The van der Waals surface area contributed by atoms with E-state index in [0.29, 0.717) is 0 Å². The Morgan fingerprint density at radius 2 is 2.31 bits per heavy atom. The van der Waals surface area contributed by atoms with Crippen molar-refractivity contribution in [1.82, 2.24) is 15.3 Å². The summed E-state index contributed by atoms with van der Waals surface area (Å²) in [6.07, 6.45) is 6.29. The summed E-state index contributed by atoms with van der Waals surface area (Å²) in [6, 6.07) is 0. The van der Waals surface area contributed by atoms with E-state index in [4.69, 9.17) is 0 Å². The fraction of sp³-hybridized carbons (Fsp3) is 0.556. The van der Waals surface area contributed by atoms with Gasteiger partial charge in [-0.05, 0) is 20.0 Å². The Morgan fingerprint density at radius 1 is 1.46 bits per heavy atom. The Bertz CT molecular complexity index is 224. The molecule has 0 saturated heterocycles. The standard InChI is InChI=1S/C9H16N4/c1-10-4-3-7-13(2)9-8-11-5-6-12-9/h5-6,8,10H,3-4,7H2,1-2H3. The maximum absolute atomic E-state index is 4.20. The Balaban J connectivity index is 2.35. The molecular weight excluding hydrogens is 164 g/mol. The summed E-state index contributed by atoms with van der Waals surface area (Å²) < 4.78 is 0. The van der Waals surface area contributed by atoms with Crippen molar-refractivity contribution < 1.29 is 0 Å². The summed E-state index contributed by atoms with van der Waals surface area (Å²) in [7, 11) is 3.99. The lowest BCUT2D eigenvalue weighted by atomic mass is 10.4. The monoisotopic (exact) mass is 180 g/mol. The third-order valence-electron chi connectivity index (χ3n) is 1.86. The Hall–Kier alpha value is -1.16. The van der Waals surface area contributed by atoms with Crippen LogP contribution < -0.4 is 10.2 Å². The van der Waals surface area contributed by atoms with Crippen molar-refractivity contribution in [2.24, 2.45) is 0 Å². The molecule has 0 bridgehead atoms. The molecule has 0 saturated carbocycles. The van der Waals surface area contributed by atoms with Gasteiger partial charge in [0.25, 0.3) is 0 Å². The van der Waals surface area contributed by atoms with E-state index in [9.17, 15) is 0 Å². The van der Waals surface area contributed by atoms with E-state index >= 15 is 0 Å². The predicted octanol–water partition coefficient (Wildman–Crippen LogP) is 0.522. The predicted molar refractivity (Wildman–Crippen MR) is 53.8 cm³/mol. The quantitative estimate of drug-likeness (QED) is 0.671. The minimum Gasteiger partial charge on any atom is -0.358 e. The highest BCUT2D eigenvalue weighted by Gasteiger charge is 1.99. The Kier molecular flexibility index (Phi) is 4.18. The summed E-state index contributed by atoms with van der Waals surface area (Å²) in [6.45, 7) is 2.03. The topological polar surface area (TPSA) is 41.0 Å². The molecule has 1 aromatic rings. The van der Waals surface area contributed by atoms with Crippen molar-refractivity contribution in [2.45, 2.75) is 6.42 Å². The van der Waals surface area contributed by atoms with Crippen molar-refractivity contribution in [2.75, 3.05) is 32.1 Å². The third kappa shape index (κ3) is 3.38. The van der Waals surface area contributed by atoms with E-state index < -0.39 is 0 Å². The van der Waals surface area contributed by atoms with Gasteiger partial charge in [0.2, 0.25) is 0 Å². The number of hydrogen-bond acceptors (Lipinski definition) is 4. The number of anilines is 1. The number of hydrogen-bond donors (Lipinski definition) is 1. The van der Waals surface area contributed by atoms with Crippen LogP contribution in [0.25, 0.3) is 0 Å². The van der Waals surface area contributed by atoms with Gasteiger partial charge in [-0.25, -0.2) is 4.98 Å². The average Bonchev–Trinajstić information content (AvgIpc) is 2.19. The fourth-order valence-electron chi connectivity index (χ4n) is 1.10. The highest BCUT2D eigenvalue weighted by Crippen LogP contribution is 2.04. The lowest BCUT2D eigenvalue weighted by Crippen LogP contribution is -2.23. The molecule has 13 heavy (non-hydrogen) atoms. The summed E-state index contributed by atoms with van der Waals surface area (Å²) in [5.41, 5.74) is 0. The highest BCUT2D eigenvalue weighted by molar-refractivity contribution is 5.33. The average molecular weight is 180 g/mol. The number of nitrogens with one attached hydrogen (secondary N) is 1. The van der Waals surface area contributed by atoms with Gasteiger partial charge >= 0.3 is 0 Å². The van der Waals surface area contributed by atoms with E-state index in [1.54, 1.807) is 18.6 Å². The van der Waals surface area contributed by atoms with Crippen LogP contribution in [0.1, 0.15) is 6.42 Å². The number of aromatic nitrogens is 2. The summed E-state index contributed by atoms with van der Waals surface area (Å²) in [5, 5.41) is 3.11. The minimum absolute atomic E-state index is 0.929. The molecule has 4 heteroatoms. The number of rotatable bonds is 5. The molecule has 0 radical (unpaired) electrons. The van der Waals surface area contributed by atoms with Crippen molar-refractivity contribution >= 4 is 5.82 Å². The van der Waals surface area contributed by atoms with Crippen molar-refractivity contribution in [3.8, 4) is 0 Å². The zero-order chi connectivity index (χ0) is 9.52. The van der Waals surface area contributed by atoms with Gasteiger partial charge in [-0.15, -0.1) is 0 Å². The molecule has 0 aliphatic heterocycles. The Labute approximate surface area is 79.0 Å². The van der Waals surface area contributed by atoms with Crippen LogP contribution in [0.15, 0.2) is 18.6 Å². The maximum atomic E-state index is 4.20. The summed E-state index contributed by atoms with van der Waals surface area (Å²) in [4.78, 5) is 10.3. The molecule has 1 rings (SSSR count). The second-order valence-electron chi connectivity index (χ2n) is 2.94. The second-order valence-corrected chi connectivity index (χ2v) is 2.94. The first kappa shape index (κ1) is 9.92. The third-order valence-corrected chi connectivity index (χ3v) is 1.86. The van der Waals surface area contributed by atoms with E-state index in [-0.39, 0.29) is 0 Å². The number of nitrogens with zero attached hydrogens (tertiary/aromatic N) is 3. The van der Waals surface area contributed by atoms with Crippen LogP contribution in [-0.2, 0) is 0 Å². The molecule has 0 aliphatic carbocycles. The van der Waals surface area contributed by atoms with Gasteiger partial charge in [0.15, 0.2) is 0 Å². The van der Waals surface area contributed by atoms with E-state index in [2.05, 4.69) is 20.2 Å². The van der Waals surface area contributed by atoms with Gasteiger partial charge in [-0.3, -0.25) is 4.98 Å². The lowest BCUT2D eigenvalue weighted by Gasteiger charge is -2.16. The van der Waals surface area contributed by atoms with Gasteiger partial charge in [0.1, 0.15) is 5.82 Å². The molecule has 0 spiro atoms. The smallest absolute Gasteiger partial charge is 0.146 e. The van der Waals surface area contributed by atoms with E-state index in [0.717, 1.165) is 25.3 Å². The molecule has 4 nitrogen and oxygen atoms in total. The van der Waals surface area contributed by atoms with Gasteiger partial charge in [0, 0.05) is 26.0 Å². The highest BCUT2D eigenvalue weighted by atomic mass is 15.2. The molecule has 0 aliphatic rings. The van der Waals surface area contributed by atoms with E-state index in [1.807, 2.05) is 14.1 Å². The molecule has 0 aromatic carbocycles.